The number of unbranched alkanes of at least 4 members (excludes halogenated alkanes) is 2. The molecule has 0 unspecified atom stereocenters. The lowest BCUT2D eigenvalue weighted by molar-refractivity contribution is 0.629. The molecule has 0 aliphatic rings. The molecule has 3 aromatic heterocycles. The van der Waals surface area contributed by atoms with Crippen molar-refractivity contribution in [2.45, 2.75) is 65.5 Å². The summed E-state index contributed by atoms with van der Waals surface area (Å²) in [5, 5.41) is 18.8. The molecule has 6 aromatic carbocycles. The molecule has 0 bridgehead atoms. The zero-order valence-electron chi connectivity index (χ0n) is 36.8. The first kappa shape index (κ1) is 43.0. The van der Waals surface area contributed by atoms with Gasteiger partial charge >= 0.3 is 0 Å². The molecule has 64 heavy (non-hydrogen) atoms. The fraction of sp³-hybridized carbons (Fsp3) is 0.175. The monoisotopic (exact) mass is 871 g/mol. The van der Waals surface area contributed by atoms with Crippen LogP contribution in [0.3, 0.4) is 0 Å². The van der Waals surface area contributed by atoms with Gasteiger partial charge in [0.2, 0.25) is 0 Å². The standard InChI is InChI=1S/C57H55N5P2/c1-3-5-26-46-40-54(59-61(46)42-44-24-19-21-38-56(44)63(48-28-11-7-12-29-48)49-30-13-8-14-31-49)52-36-23-37-53(58-52)55-41-47(27-6-4-2)62(60-55)43-45-25-20-22-39-57(45)64(50-32-15-9-16-33-50)51-34-17-10-18-35-51/h7-25,28-41H,3-6,26-27,42-43H2,1-2H3. The number of nitrogens with zero attached hydrogens (tertiary/aromatic N) is 5. The third-order valence-corrected chi connectivity index (χ3v) is 16.8. The van der Waals surface area contributed by atoms with Crippen LogP contribution in [0, 0.1) is 0 Å². The van der Waals surface area contributed by atoms with Gasteiger partial charge in [0.1, 0.15) is 11.4 Å². The Morgan fingerprint density at radius 1 is 0.375 bits per heavy atom. The summed E-state index contributed by atoms with van der Waals surface area (Å²) in [5.74, 6) is 0. The average Bonchev–Trinajstić information content (AvgIpc) is 3.96. The molecule has 3 heterocycles. The van der Waals surface area contributed by atoms with Gasteiger partial charge in [-0.2, -0.15) is 10.2 Å². The zero-order chi connectivity index (χ0) is 43.5. The number of aromatic nitrogens is 5. The topological polar surface area (TPSA) is 48.5 Å². The van der Waals surface area contributed by atoms with Crippen molar-refractivity contribution in [3.05, 3.63) is 223 Å². The van der Waals surface area contributed by atoms with E-state index < -0.39 is 15.8 Å². The van der Waals surface area contributed by atoms with Gasteiger partial charge < -0.3 is 0 Å². The predicted octanol–water partition coefficient (Wildman–Crippen LogP) is 11.1. The normalized spacial score (nSPS) is 11.4. The number of benzene rings is 6. The van der Waals surface area contributed by atoms with Crippen LogP contribution in [0.4, 0.5) is 0 Å². The van der Waals surface area contributed by atoms with E-state index in [4.69, 9.17) is 15.2 Å². The van der Waals surface area contributed by atoms with Gasteiger partial charge in [0, 0.05) is 11.4 Å². The van der Waals surface area contributed by atoms with Crippen molar-refractivity contribution in [1.82, 2.24) is 24.5 Å². The first-order chi connectivity index (χ1) is 31.7. The molecule has 0 atom stereocenters. The van der Waals surface area contributed by atoms with Gasteiger partial charge in [-0.1, -0.05) is 203 Å². The van der Waals surface area contributed by atoms with E-state index in [0.717, 1.165) is 61.3 Å². The van der Waals surface area contributed by atoms with Crippen LogP contribution in [0.15, 0.2) is 200 Å². The third-order valence-electron chi connectivity index (χ3n) is 11.7. The first-order valence-electron chi connectivity index (χ1n) is 22.7. The molecule has 9 rings (SSSR count). The van der Waals surface area contributed by atoms with Crippen molar-refractivity contribution < 1.29 is 0 Å². The fourth-order valence-corrected chi connectivity index (χ4v) is 13.4. The largest absolute Gasteiger partial charge is 0.264 e. The van der Waals surface area contributed by atoms with Crippen LogP contribution < -0.4 is 31.8 Å². The van der Waals surface area contributed by atoms with Crippen molar-refractivity contribution in [1.29, 1.82) is 0 Å². The number of rotatable bonds is 18. The maximum Gasteiger partial charge on any atom is 0.111 e. The molecule has 0 N–H and O–H groups in total. The van der Waals surface area contributed by atoms with Crippen molar-refractivity contribution in [3.63, 3.8) is 0 Å². The van der Waals surface area contributed by atoms with Crippen LogP contribution in [0.2, 0.25) is 0 Å². The summed E-state index contributed by atoms with van der Waals surface area (Å²) in [4.78, 5) is 5.30. The lowest BCUT2D eigenvalue weighted by Gasteiger charge is -2.22. The van der Waals surface area contributed by atoms with Crippen LogP contribution in [0.25, 0.3) is 22.8 Å². The number of pyridine rings is 1. The Bertz CT molecular complexity index is 2600. The van der Waals surface area contributed by atoms with Crippen molar-refractivity contribution in [2.75, 3.05) is 0 Å². The number of hydrogen-bond donors (Lipinski definition) is 0. The lowest BCUT2D eigenvalue weighted by Crippen LogP contribution is -2.24. The van der Waals surface area contributed by atoms with Gasteiger partial charge in [-0.3, -0.25) is 9.36 Å². The van der Waals surface area contributed by atoms with E-state index in [1.54, 1.807) is 0 Å². The molecule has 0 amide bonds. The van der Waals surface area contributed by atoms with E-state index in [1.807, 2.05) is 0 Å². The van der Waals surface area contributed by atoms with Crippen molar-refractivity contribution in [2.24, 2.45) is 0 Å². The Hall–Kier alpha value is -6.25. The summed E-state index contributed by atoms with van der Waals surface area (Å²) in [7, 11) is -1.52. The lowest BCUT2D eigenvalue weighted by atomic mass is 10.1. The van der Waals surface area contributed by atoms with E-state index in [9.17, 15) is 0 Å². The van der Waals surface area contributed by atoms with Crippen LogP contribution >= 0.6 is 15.8 Å². The van der Waals surface area contributed by atoms with Crippen LogP contribution in [0.1, 0.15) is 62.0 Å². The maximum absolute atomic E-state index is 5.34. The first-order valence-corrected chi connectivity index (χ1v) is 25.4. The highest BCUT2D eigenvalue weighted by Crippen LogP contribution is 2.36. The highest BCUT2D eigenvalue weighted by Gasteiger charge is 2.23. The third kappa shape index (κ3) is 9.93. The summed E-state index contributed by atoms with van der Waals surface area (Å²) >= 11 is 0. The molecule has 0 saturated carbocycles. The van der Waals surface area contributed by atoms with Gasteiger partial charge in [-0.15, -0.1) is 0 Å². The smallest absolute Gasteiger partial charge is 0.111 e. The van der Waals surface area contributed by atoms with E-state index >= 15 is 0 Å². The summed E-state index contributed by atoms with van der Waals surface area (Å²) < 4.78 is 4.47. The molecular formula is C57H55N5P2. The van der Waals surface area contributed by atoms with Crippen molar-refractivity contribution in [3.8, 4) is 22.8 Å². The average molecular weight is 872 g/mol. The minimum atomic E-state index is -0.761. The second kappa shape index (κ2) is 21.0. The highest BCUT2D eigenvalue weighted by molar-refractivity contribution is 7.80. The van der Waals surface area contributed by atoms with E-state index in [1.165, 1.54) is 54.3 Å². The Morgan fingerprint density at radius 3 is 1.08 bits per heavy atom. The van der Waals surface area contributed by atoms with E-state index in [0.29, 0.717) is 13.1 Å². The fourth-order valence-electron chi connectivity index (χ4n) is 8.48. The van der Waals surface area contributed by atoms with Gasteiger partial charge in [0.15, 0.2) is 0 Å². The molecule has 7 heteroatoms. The summed E-state index contributed by atoms with van der Waals surface area (Å²) in [5.41, 5.74) is 8.58. The molecule has 318 valence electrons. The van der Waals surface area contributed by atoms with Gasteiger partial charge in [0.25, 0.3) is 0 Å². The summed E-state index contributed by atoms with van der Waals surface area (Å²) in [6.07, 6.45) is 6.35. The van der Waals surface area contributed by atoms with Gasteiger partial charge in [-0.05, 0) is 109 Å². The Morgan fingerprint density at radius 2 is 0.719 bits per heavy atom. The quantitative estimate of drug-likeness (QED) is 0.0807. The maximum atomic E-state index is 5.34. The number of hydrogen-bond acceptors (Lipinski definition) is 3. The highest BCUT2D eigenvalue weighted by atomic mass is 31.1. The van der Waals surface area contributed by atoms with Gasteiger partial charge in [-0.25, -0.2) is 4.98 Å². The molecule has 0 aliphatic heterocycles. The Kier molecular flexibility index (Phi) is 14.1. The molecule has 0 fully saturated rings. The second-order valence-corrected chi connectivity index (χ2v) is 20.6. The molecule has 5 nitrogen and oxygen atoms in total. The van der Waals surface area contributed by atoms with E-state index in [-0.39, 0.29) is 0 Å². The molecule has 9 aromatic rings. The zero-order valence-corrected chi connectivity index (χ0v) is 38.6. The molecule has 0 radical (unpaired) electrons. The molecule has 0 spiro atoms. The van der Waals surface area contributed by atoms with Crippen LogP contribution in [-0.4, -0.2) is 24.5 Å². The minimum Gasteiger partial charge on any atom is -0.264 e. The molecule has 0 saturated heterocycles. The summed E-state index contributed by atoms with van der Waals surface area (Å²) in [6.45, 7) is 5.90. The van der Waals surface area contributed by atoms with Crippen LogP contribution in [-0.2, 0) is 25.9 Å². The van der Waals surface area contributed by atoms with Crippen LogP contribution in [0.5, 0.6) is 0 Å². The molecular weight excluding hydrogens is 817 g/mol. The number of aryl methyl sites for hydroxylation is 2. The minimum absolute atomic E-state index is 0.691. The second-order valence-electron chi connectivity index (χ2n) is 16.2. The molecule has 0 aliphatic carbocycles. The summed E-state index contributed by atoms with van der Waals surface area (Å²) in [6, 6.07) is 72.6. The SMILES string of the molecule is CCCCc1cc(-c2cccc(-c3cc(CCCC)n(Cc4ccccc4P(c4ccccc4)c4ccccc4)n3)n2)nn1Cc1ccccc1P(c1ccccc1)c1ccccc1. The Labute approximate surface area is 381 Å². The van der Waals surface area contributed by atoms with E-state index in [2.05, 4.69) is 223 Å². The Balaban J connectivity index is 1.05. The predicted molar refractivity (Wildman–Crippen MR) is 272 cm³/mol. The van der Waals surface area contributed by atoms with Gasteiger partial charge in [0.05, 0.1) is 24.5 Å². The van der Waals surface area contributed by atoms with Crippen molar-refractivity contribution >= 4 is 47.7 Å².